The monoisotopic (exact) mass is 267 g/mol. The van der Waals surface area contributed by atoms with Gasteiger partial charge < -0.3 is 5.32 Å². The zero-order chi connectivity index (χ0) is 13.9. The molecule has 0 aliphatic carbocycles. The Balaban J connectivity index is 1.91. The normalized spacial score (nSPS) is 10.9. The summed E-state index contributed by atoms with van der Waals surface area (Å²) >= 11 is 0. The molecule has 0 bridgehead atoms. The third-order valence-corrected chi connectivity index (χ3v) is 3.30. The number of aryl methyl sites for hydroxylation is 3. The number of rotatable bonds is 4. The van der Waals surface area contributed by atoms with Gasteiger partial charge in [-0.1, -0.05) is 30.3 Å². The van der Waals surface area contributed by atoms with Crippen molar-refractivity contribution in [3.63, 3.8) is 0 Å². The van der Waals surface area contributed by atoms with E-state index in [4.69, 9.17) is 0 Å². The quantitative estimate of drug-likeness (QED) is 0.787. The zero-order valence-corrected chi connectivity index (χ0v) is 11.7. The second-order valence-corrected chi connectivity index (χ2v) is 4.74. The fraction of sp³-hybridized carbons (Fsp3) is 0.267. The lowest BCUT2D eigenvalue weighted by Gasteiger charge is -2.04. The van der Waals surface area contributed by atoms with Crippen LogP contribution in [0.15, 0.2) is 36.5 Å². The Kier molecular flexibility index (Phi) is 3.33. The van der Waals surface area contributed by atoms with Crippen molar-refractivity contribution in [1.29, 1.82) is 0 Å². The Labute approximate surface area is 117 Å². The first-order chi connectivity index (χ1) is 9.78. The predicted octanol–water partition coefficient (Wildman–Crippen LogP) is 2.26. The molecule has 3 rings (SSSR count). The van der Waals surface area contributed by atoms with Crippen molar-refractivity contribution in [2.75, 3.05) is 12.4 Å². The van der Waals surface area contributed by atoms with Crippen molar-refractivity contribution in [3.05, 3.63) is 53.5 Å². The summed E-state index contributed by atoms with van der Waals surface area (Å²) in [4.78, 5) is 8.84. The number of benzene rings is 1. The maximum Gasteiger partial charge on any atom is 0.227 e. The van der Waals surface area contributed by atoms with Crippen LogP contribution < -0.4 is 5.32 Å². The second kappa shape index (κ2) is 5.28. The van der Waals surface area contributed by atoms with Crippen molar-refractivity contribution >= 4 is 11.6 Å². The van der Waals surface area contributed by atoms with Crippen LogP contribution in [-0.2, 0) is 12.8 Å². The number of fused-ring (bicyclic) bond motifs is 1. The number of nitrogens with zero attached hydrogens (tertiary/aromatic N) is 4. The topological polar surface area (TPSA) is 55.1 Å². The molecule has 0 aliphatic rings. The van der Waals surface area contributed by atoms with E-state index in [0.717, 1.165) is 35.8 Å². The van der Waals surface area contributed by atoms with Crippen molar-refractivity contribution in [1.82, 2.24) is 19.6 Å². The van der Waals surface area contributed by atoms with E-state index in [9.17, 15) is 0 Å². The van der Waals surface area contributed by atoms with Gasteiger partial charge in [-0.2, -0.15) is 14.6 Å². The summed E-state index contributed by atoms with van der Waals surface area (Å²) in [6.45, 7) is 1.90. The van der Waals surface area contributed by atoms with Gasteiger partial charge in [-0.05, 0) is 25.3 Å². The summed E-state index contributed by atoms with van der Waals surface area (Å²) in [5, 5.41) is 7.42. The molecule has 5 heteroatoms. The summed E-state index contributed by atoms with van der Waals surface area (Å²) in [5.41, 5.74) is 3.36. The van der Waals surface area contributed by atoms with Gasteiger partial charge in [0.1, 0.15) is 5.82 Å². The van der Waals surface area contributed by atoms with Crippen molar-refractivity contribution in [3.8, 4) is 0 Å². The minimum atomic E-state index is 0.721. The molecule has 1 N–H and O–H groups in total. The van der Waals surface area contributed by atoms with E-state index in [1.165, 1.54) is 5.56 Å². The number of hydrogen-bond donors (Lipinski definition) is 1. The molecule has 0 unspecified atom stereocenters. The molecular formula is C15H17N5. The number of anilines is 1. The van der Waals surface area contributed by atoms with Crippen LogP contribution in [0, 0.1) is 6.92 Å². The molecule has 0 aliphatic heterocycles. The maximum absolute atomic E-state index is 4.51. The van der Waals surface area contributed by atoms with Crippen molar-refractivity contribution in [2.45, 2.75) is 19.8 Å². The van der Waals surface area contributed by atoms with Crippen LogP contribution in [0.2, 0.25) is 0 Å². The first-order valence-corrected chi connectivity index (χ1v) is 6.71. The molecule has 20 heavy (non-hydrogen) atoms. The minimum Gasteiger partial charge on any atom is -0.357 e. The lowest BCUT2D eigenvalue weighted by Crippen LogP contribution is -2.06. The van der Waals surface area contributed by atoms with Gasteiger partial charge in [0.05, 0.1) is 6.20 Å². The van der Waals surface area contributed by atoms with Gasteiger partial charge in [0, 0.05) is 12.6 Å². The molecular weight excluding hydrogens is 250 g/mol. The fourth-order valence-electron chi connectivity index (χ4n) is 2.29. The van der Waals surface area contributed by atoms with Gasteiger partial charge in [-0.3, -0.25) is 0 Å². The van der Waals surface area contributed by atoms with Crippen LogP contribution in [0.5, 0.6) is 0 Å². The smallest absolute Gasteiger partial charge is 0.227 e. The third kappa shape index (κ3) is 2.34. The van der Waals surface area contributed by atoms with Crippen molar-refractivity contribution in [2.24, 2.45) is 0 Å². The highest BCUT2D eigenvalue weighted by Crippen LogP contribution is 2.15. The Morgan fingerprint density at radius 1 is 1.10 bits per heavy atom. The minimum absolute atomic E-state index is 0.721. The Hall–Kier alpha value is -2.43. The molecule has 3 aromatic rings. The highest BCUT2D eigenvalue weighted by atomic mass is 15.3. The van der Waals surface area contributed by atoms with Crippen LogP contribution in [0.4, 0.5) is 5.95 Å². The molecule has 0 saturated heterocycles. The van der Waals surface area contributed by atoms with Gasteiger partial charge in [-0.15, -0.1) is 0 Å². The van der Waals surface area contributed by atoms with E-state index in [0.29, 0.717) is 0 Å². The summed E-state index contributed by atoms with van der Waals surface area (Å²) in [6, 6.07) is 10.5. The SMILES string of the molecule is CNc1nc(C)nc2c(CCc3ccccc3)cnn12. The Morgan fingerprint density at radius 2 is 1.90 bits per heavy atom. The molecule has 2 aromatic heterocycles. The van der Waals surface area contributed by atoms with Gasteiger partial charge in [0.2, 0.25) is 5.95 Å². The van der Waals surface area contributed by atoms with Gasteiger partial charge >= 0.3 is 0 Å². The molecule has 1 aromatic carbocycles. The van der Waals surface area contributed by atoms with E-state index in [1.807, 2.05) is 26.2 Å². The first-order valence-electron chi connectivity index (χ1n) is 6.71. The molecule has 5 nitrogen and oxygen atoms in total. The molecule has 0 spiro atoms. The molecule has 102 valence electrons. The highest BCUT2D eigenvalue weighted by Gasteiger charge is 2.10. The van der Waals surface area contributed by atoms with Gasteiger partial charge in [0.25, 0.3) is 0 Å². The molecule has 0 amide bonds. The average Bonchev–Trinajstić information content (AvgIpc) is 2.88. The van der Waals surface area contributed by atoms with Gasteiger partial charge in [0.15, 0.2) is 5.65 Å². The van der Waals surface area contributed by atoms with E-state index < -0.39 is 0 Å². The van der Waals surface area contributed by atoms with Crippen molar-refractivity contribution < 1.29 is 0 Å². The highest BCUT2D eigenvalue weighted by molar-refractivity contribution is 5.50. The Bertz CT molecular complexity index is 718. The fourth-order valence-corrected chi connectivity index (χ4v) is 2.29. The van der Waals surface area contributed by atoms with E-state index in [2.05, 4.69) is 44.6 Å². The third-order valence-electron chi connectivity index (χ3n) is 3.30. The average molecular weight is 267 g/mol. The lowest BCUT2D eigenvalue weighted by molar-refractivity contribution is 0.875. The Morgan fingerprint density at radius 3 is 2.65 bits per heavy atom. The largest absolute Gasteiger partial charge is 0.357 e. The maximum atomic E-state index is 4.51. The first kappa shape index (κ1) is 12.6. The standard InChI is InChI=1S/C15H17N5/c1-11-18-14-13(9-8-12-6-4-3-5-7-12)10-17-20(14)15(16-2)19-11/h3-7,10H,8-9H2,1-2H3,(H,16,18,19). The van der Waals surface area contributed by atoms with Crippen LogP contribution in [0.25, 0.3) is 5.65 Å². The number of nitrogens with one attached hydrogen (secondary N) is 1. The molecule has 2 heterocycles. The molecule has 0 radical (unpaired) electrons. The second-order valence-electron chi connectivity index (χ2n) is 4.74. The lowest BCUT2D eigenvalue weighted by atomic mass is 10.1. The van der Waals surface area contributed by atoms with Gasteiger partial charge in [-0.25, -0.2) is 4.98 Å². The predicted molar refractivity (Wildman–Crippen MR) is 78.9 cm³/mol. The molecule has 0 fully saturated rings. The summed E-state index contributed by atoms with van der Waals surface area (Å²) in [5.74, 6) is 1.47. The summed E-state index contributed by atoms with van der Waals surface area (Å²) in [6.07, 6.45) is 3.79. The summed E-state index contributed by atoms with van der Waals surface area (Å²) < 4.78 is 1.76. The van der Waals surface area contributed by atoms with E-state index in [-0.39, 0.29) is 0 Å². The van der Waals surface area contributed by atoms with Crippen LogP contribution in [0.3, 0.4) is 0 Å². The van der Waals surface area contributed by atoms with Crippen LogP contribution >= 0.6 is 0 Å². The molecule has 0 atom stereocenters. The zero-order valence-electron chi connectivity index (χ0n) is 11.7. The number of aromatic nitrogens is 4. The van der Waals surface area contributed by atoms with E-state index >= 15 is 0 Å². The molecule has 0 saturated carbocycles. The van der Waals surface area contributed by atoms with E-state index in [1.54, 1.807) is 4.52 Å². The van der Waals surface area contributed by atoms with Crippen LogP contribution in [0.1, 0.15) is 17.0 Å². The summed E-state index contributed by atoms with van der Waals surface area (Å²) in [7, 11) is 1.84. The van der Waals surface area contributed by atoms with Crippen LogP contribution in [-0.4, -0.2) is 26.6 Å². The number of hydrogen-bond acceptors (Lipinski definition) is 4.